The van der Waals surface area contributed by atoms with Gasteiger partial charge in [-0.15, -0.1) is 0 Å². The molecule has 2 heterocycles. The summed E-state index contributed by atoms with van der Waals surface area (Å²) >= 11 is 0. The predicted octanol–water partition coefficient (Wildman–Crippen LogP) is 1.15. The van der Waals surface area contributed by atoms with Gasteiger partial charge in [0.05, 0.1) is 4.90 Å². The summed E-state index contributed by atoms with van der Waals surface area (Å²) < 4.78 is 37.4. The first-order chi connectivity index (χ1) is 14.0. The summed E-state index contributed by atoms with van der Waals surface area (Å²) in [6.45, 7) is 3.46. The van der Waals surface area contributed by atoms with E-state index < -0.39 is 10.0 Å². The number of piperazine rings is 1. The van der Waals surface area contributed by atoms with Crippen LogP contribution in [0.15, 0.2) is 53.4 Å². The molecule has 0 bridgehead atoms. The maximum Gasteiger partial charge on any atom is 0.251 e. The van der Waals surface area contributed by atoms with Crippen molar-refractivity contribution in [3.05, 3.63) is 54.1 Å². The van der Waals surface area contributed by atoms with E-state index in [2.05, 4.69) is 10.2 Å². The van der Waals surface area contributed by atoms with Gasteiger partial charge in [-0.3, -0.25) is 9.69 Å². The van der Waals surface area contributed by atoms with E-state index in [9.17, 15) is 13.2 Å². The van der Waals surface area contributed by atoms with Crippen LogP contribution in [0.1, 0.15) is 10.4 Å². The Morgan fingerprint density at radius 3 is 2.45 bits per heavy atom. The Hall–Kier alpha value is -2.62. The number of sulfonamides is 1. The molecule has 0 aromatic heterocycles. The number of amides is 1. The van der Waals surface area contributed by atoms with Gasteiger partial charge < -0.3 is 14.8 Å². The zero-order chi connectivity index (χ0) is 20.3. The van der Waals surface area contributed by atoms with Crippen molar-refractivity contribution in [3.8, 4) is 11.5 Å². The minimum absolute atomic E-state index is 0.173. The summed E-state index contributed by atoms with van der Waals surface area (Å²) in [5.74, 6) is 1.05. The number of rotatable bonds is 6. The van der Waals surface area contributed by atoms with Gasteiger partial charge in [0.25, 0.3) is 5.91 Å². The van der Waals surface area contributed by atoms with Crippen LogP contribution < -0.4 is 14.8 Å². The molecule has 4 rings (SSSR count). The minimum Gasteiger partial charge on any atom is -0.454 e. The lowest BCUT2D eigenvalue weighted by atomic mass is 10.2. The van der Waals surface area contributed by atoms with Crippen molar-refractivity contribution in [1.82, 2.24) is 14.5 Å². The molecule has 9 heteroatoms. The molecule has 0 radical (unpaired) electrons. The Morgan fingerprint density at radius 2 is 1.69 bits per heavy atom. The van der Waals surface area contributed by atoms with Gasteiger partial charge in [-0.05, 0) is 30.3 Å². The molecule has 2 aliphatic heterocycles. The van der Waals surface area contributed by atoms with E-state index in [1.165, 1.54) is 4.31 Å². The minimum atomic E-state index is -3.45. The van der Waals surface area contributed by atoms with Crippen LogP contribution in [0.5, 0.6) is 11.5 Å². The van der Waals surface area contributed by atoms with Gasteiger partial charge in [-0.1, -0.05) is 18.2 Å². The maximum absolute atomic E-state index is 12.7. The molecule has 0 unspecified atom stereocenters. The number of hydrogen-bond acceptors (Lipinski definition) is 6. The highest BCUT2D eigenvalue weighted by Gasteiger charge is 2.28. The highest BCUT2D eigenvalue weighted by molar-refractivity contribution is 7.89. The second kappa shape index (κ2) is 8.40. The Kier molecular flexibility index (Phi) is 5.70. The molecule has 2 aromatic carbocycles. The van der Waals surface area contributed by atoms with E-state index in [-0.39, 0.29) is 12.7 Å². The molecule has 2 aliphatic rings. The SMILES string of the molecule is O=C(NCCN1CCN(S(=O)(=O)c2ccccc2)CC1)c1ccc2c(c1)OCO2. The van der Waals surface area contributed by atoms with Crippen molar-refractivity contribution >= 4 is 15.9 Å². The van der Waals surface area contributed by atoms with Crippen molar-refractivity contribution in [3.63, 3.8) is 0 Å². The van der Waals surface area contributed by atoms with Gasteiger partial charge >= 0.3 is 0 Å². The molecule has 1 saturated heterocycles. The first-order valence-electron chi connectivity index (χ1n) is 9.49. The monoisotopic (exact) mass is 417 g/mol. The third kappa shape index (κ3) is 4.36. The Bertz CT molecular complexity index is 973. The predicted molar refractivity (Wildman–Crippen MR) is 107 cm³/mol. The summed E-state index contributed by atoms with van der Waals surface area (Å²) in [5, 5.41) is 2.90. The summed E-state index contributed by atoms with van der Waals surface area (Å²) in [5.41, 5.74) is 0.521. The molecule has 1 N–H and O–H groups in total. The molecule has 0 aliphatic carbocycles. The Labute approximate surface area is 170 Å². The quantitative estimate of drug-likeness (QED) is 0.759. The normalized spacial score (nSPS) is 17.2. The highest BCUT2D eigenvalue weighted by atomic mass is 32.2. The van der Waals surface area contributed by atoms with Crippen LogP contribution in [-0.2, 0) is 10.0 Å². The van der Waals surface area contributed by atoms with Gasteiger partial charge in [0.1, 0.15) is 0 Å². The first-order valence-corrected chi connectivity index (χ1v) is 10.9. The molecule has 8 nitrogen and oxygen atoms in total. The second-order valence-electron chi connectivity index (χ2n) is 6.88. The second-order valence-corrected chi connectivity index (χ2v) is 8.82. The van der Waals surface area contributed by atoms with Crippen LogP contribution in [0.2, 0.25) is 0 Å². The summed E-state index contributed by atoms with van der Waals surface area (Å²) in [4.78, 5) is 14.8. The molecule has 154 valence electrons. The zero-order valence-electron chi connectivity index (χ0n) is 15.9. The van der Waals surface area contributed by atoms with Gasteiger partial charge in [0.2, 0.25) is 16.8 Å². The molecule has 29 heavy (non-hydrogen) atoms. The fourth-order valence-electron chi connectivity index (χ4n) is 3.40. The number of nitrogens with one attached hydrogen (secondary N) is 1. The van der Waals surface area contributed by atoms with E-state index in [1.54, 1.807) is 48.5 Å². The number of hydrogen-bond donors (Lipinski definition) is 1. The van der Waals surface area contributed by atoms with E-state index in [1.807, 2.05) is 0 Å². The van der Waals surface area contributed by atoms with Crippen molar-refractivity contribution in [2.24, 2.45) is 0 Å². The Balaban J connectivity index is 1.24. The van der Waals surface area contributed by atoms with E-state index in [0.717, 1.165) is 0 Å². The largest absolute Gasteiger partial charge is 0.454 e. The van der Waals surface area contributed by atoms with Gasteiger partial charge in [-0.25, -0.2) is 8.42 Å². The summed E-state index contributed by atoms with van der Waals surface area (Å²) in [6.07, 6.45) is 0. The fraction of sp³-hybridized carbons (Fsp3) is 0.350. The van der Waals surface area contributed by atoms with E-state index in [0.29, 0.717) is 61.2 Å². The number of ether oxygens (including phenoxy) is 2. The standard InChI is InChI=1S/C20H23N3O5S/c24-20(16-6-7-18-19(14-16)28-15-27-18)21-8-9-22-10-12-23(13-11-22)29(25,26)17-4-2-1-3-5-17/h1-7,14H,8-13,15H2,(H,21,24). The summed E-state index contributed by atoms with van der Waals surface area (Å²) in [6, 6.07) is 13.6. The molecule has 0 atom stereocenters. The number of carbonyl (C=O) groups is 1. The van der Waals surface area contributed by atoms with Gasteiger partial charge in [0.15, 0.2) is 11.5 Å². The van der Waals surface area contributed by atoms with Gasteiger partial charge in [-0.2, -0.15) is 4.31 Å². The van der Waals surface area contributed by atoms with Crippen molar-refractivity contribution in [2.45, 2.75) is 4.90 Å². The van der Waals surface area contributed by atoms with Gasteiger partial charge in [0, 0.05) is 44.8 Å². The van der Waals surface area contributed by atoms with Crippen LogP contribution in [0.4, 0.5) is 0 Å². The molecule has 2 aromatic rings. The number of benzene rings is 2. The third-order valence-electron chi connectivity index (χ3n) is 5.06. The lowest BCUT2D eigenvalue weighted by Gasteiger charge is -2.33. The van der Waals surface area contributed by atoms with Crippen molar-refractivity contribution in [2.75, 3.05) is 46.1 Å². The zero-order valence-corrected chi connectivity index (χ0v) is 16.7. The lowest BCUT2D eigenvalue weighted by Crippen LogP contribution is -2.50. The number of fused-ring (bicyclic) bond motifs is 1. The third-order valence-corrected chi connectivity index (χ3v) is 6.97. The molecular formula is C20H23N3O5S. The first kappa shape index (κ1) is 19.7. The molecular weight excluding hydrogens is 394 g/mol. The van der Waals surface area contributed by atoms with Crippen molar-refractivity contribution in [1.29, 1.82) is 0 Å². The maximum atomic E-state index is 12.7. The molecule has 1 fully saturated rings. The fourth-order valence-corrected chi connectivity index (χ4v) is 4.85. The Morgan fingerprint density at radius 1 is 0.966 bits per heavy atom. The smallest absolute Gasteiger partial charge is 0.251 e. The van der Waals surface area contributed by atoms with E-state index in [4.69, 9.17) is 9.47 Å². The molecule has 1 amide bonds. The van der Waals surface area contributed by atoms with Crippen LogP contribution in [-0.4, -0.2) is 69.6 Å². The number of nitrogens with zero attached hydrogens (tertiary/aromatic N) is 2. The topological polar surface area (TPSA) is 88.2 Å². The average Bonchev–Trinajstić information content (AvgIpc) is 3.22. The van der Waals surface area contributed by atoms with Crippen LogP contribution in [0, 0.1) is 0 Å². The molecule has 0 saturated carbocycles. The molecule has 0 spiro atoms. The van der Waals surface area contributed by atoms with E-state index >= 15 is 0 Å². The average molecular weight is 417 g/mol. The van der Waals surface area contributed by atoms with Crippen molar-refractivity contribution < 1.29 is 22.7 Å². The summed E-state index contributed by atoms with van der Waals surface area (Å²) in [7, 11) is -3.45. The highest BCUT2D eigenvalue weighted by Crippen LogP contribution is 2.32. The van der Waals surface area contributed by atoms with Crippen LogP contribution >= 0.6 is 0 Å². The number of carbonyl (C=O) groups excluding carboxylic acids is 1. The lowest BCUT2D eigenvalue weighted by molar-refractivity contribution is 0.0944. The van der Waals surface area contributed by atoms with Crippen LogP contribution in [0.25, 0.3) is 0 Å². The van der Waals surface area contributed by atoms with Crippen LogP contribution in [0.3, 0.4) is 0 Å².